The Morgan fingerprint density at radius 1 is 0.824 bits per heavy atom. The largest absolute Gasteiger partial charge is 0.0613 e. The fourth-order valence-corrected chi connectivity index (χ4v) is 1.99. The molecule has 0 atom stereocenters. The number of rotatable bonds is 3. The quantitative estimate of drug-likeness (QED) is 0.714. The van der Waals surface area contributed by atoms with Gasteiger partial charge in [-0.1, -0.05) is 55.8 Å². The summed E-state index contributed by atoms with van der Waals surface area (Å²) in [5.41, 5.74) is 6.54. The van der Waals surface area contributed by atoms with Crippen molar-refractivity contribution in [1.82, 2.24) is 0 Å². The molecular formula is C17H19. The van der Waals surface area contributed by atoms with Crippen LogP contribution in [0.1, 0.15) is 30.5 Å². The first-order valence-electron chi connectivity index (χ1n) is 6.35. The number of hydrogen-bond donors (Lipinski definition) is 0. The highest BCUT2D eigenvalue weighted by Crippen LogP contribution is 2.23. The van der Waals surface area contributed by atoms with Crippen molar-refractivity contribution in [1.29, 1.82) is 0 Å². The second-order valence-electron chi connectivity index (χ2n) is 4.49. The Balaban J connectivity index is 2.46. The molecule has 2 aromatic rings. The molecule has 0 nitrogen and oxygen atoms in total. The lowest BCUT2D eigenvalue weighted by Crippen LogP contribution is -1.89. The maximum absolute atomic E-state index is 3.47. The fraction of sp³-hybridized carbons (Fsp3) is 0.294. The molecule has 0 amide bonds. The molecule has 0 N–H and O–H groups in total. The van der Waals surface area contributed by atoms with Crippen molar-refractivity contribution in [2.24, 2.45) is 0 Å². The molecule has 0 fully saturated rings. The molecule has 0 spiro atoms. The Morgan fingerprint density at radius 2 is 1.35 bits per heavy atom. The molecule has 2 aromatic carbocycles. The van der Waals surface area contributed by atoms with E-state index in [9.17, 15) is 0 Å². The second-order valence-corrected chi connectivity index (χ2v) is 4.49. The average Bonchev–Trinajstić information content (AvgIpc) is 2.39. The van der Waals surface area contributed by atoms with Crippen LogP contribution in [-0.4, -0.2) is 0 Å². The molecule has 17 heavy (non-hydrogen) atoms. The minimum Gasteiger partial charge on any atom is -0.0613 e. The smallest absolute Gasteiger partial charge is 0.0114 e. The van der Waals surface area contributed by atoms with Gasteiger partial charge in [-0.3, -0.25) is 0 Å². The van der Waals surface area contributed by atoms with Crippen LogP contribution in [0.25, 0.3) is 11.1 Å². The van der Waals surface area contributed by atoms with E-state index < -0.39 is 0 Å². The molecule has 0 heteroatoms. The van der Waals surface area contributed by atoms with Gasteiger partial charge >= 0.3 is 0 Å². The minimum atomic E-state index is 1.05. The highest BCUT2D eigenvalue weighted by Gasteiger charge is 2.02. The molecule has 0 saturated carbocycles. The zero-order valence-corrected chi connectivity index (χ0v) is 10.9. The standard InChI is InChI=1S/C17H19/c1-4-14-10-15(5-2)12-17(11-14)16-8-6-13(3)7-9-16/h6-9,11-12H,4-5H2,1-3H3. The lowest BCUT2D eigenvalue weighted by atomic mass is 9.97. The highest BCUT2D eigenvalue weighted by molar-refractivity contribution is 5.65. The molecule has 1 radical (unpaired) electrons. The monoisotopic (exact) mass is 223 g/mol. The van der Waals surface area contributed by atoms with Crippen LogP contribution in [0.3, 0.4) is 0 Å². The Bertz CT molecular complexity index is 470. The third kappa shape index (κ3) is 2.76. The van der Waals surface area contributed by atoms with Gasteiger partial charge in [0.2, 0.25) is 0 Å². The number of aryl methyl sites for hydroxylation is 3. The maximum Gasteiger partial charge on any atom is -0.0114 e. The van der Waals surface area contributed by atoms with Crippen molar-refractivity contribution in [2.75, 3.05) is 0 Å². The van der Waals surface area contributed by atoms with Crippen molar-refractivity contribution in [3.8, 4) is 11.1 Å². The summed E-state index contributed by atoms with van der Waals surface area (Å²) in [4.78, 5) is 0. The highest BCUT2D eigenvalue weighted by atomic mass is 14.1. The van der Waals surface area contributed by atoms with Gasteiger partial charge in [0.05, 0.1) is 0 Å². The minimum absolute atomic E-state index is 1.05. The van der Waals surface area contributed by atoms with Crippen LogP contribution in [0.15, 0.2) is 36.4 Å². The van der Waals surface area contributed by atoms with Crippen LogP contribution in [0.4, 0.5) is 0 Å². The molecular weight excluding hydrogens is 204 g/mol. The number of benzene rings is 2. The Hall–Kier alpha value is -1.56. The van der Waals surface area contributed by atoms with Gasteiger partial charge in [-0.05, 0) is 48.1 Å². The summed E-state index contributed by atoms with van der Waals surface area (Å²) in [5, 5.41) is 0. The predicted octanol–water partition coefficient (Wildman–Crippen LogP) is 4.59. The van der Waals surface area contributed by atoms with Gasteiger partial charge < -0.3 is 0 Å². The molecule has 87 valence electrons. The zero-order chi connectivity index (χ0) is 12.3. The molecule has 0 aromatic heterocycles. The molecule has 0 heterocycles. The van der Waals surface area contributed by atoms with E-state index in [0.29, 0.717) is 0 Å². The topological polar surface area (TPSA) is 0 Å². The van der Waals surface area contributed by atoms with Crippen molar-refractivity contribution in [3.63, 3.8) is 0 Å². The SMILES string of the molecule is CCc1[c]c(CC)cc(-c2ccc(C)cc2)c1. The van der Waals surface area contributed by atoms with Gasteiger partial charge in [0.25, 0.3) is 0 Å². The van der Waals surface area contributed by atoms with Gasteiger partial charge in [0.15, 0.2) is 0 Å². The van der Waals surface area contributed by atoms with Gasteiger partial charge in [-0.15, -0.1) is 0 Å². The van der Waals surface area contributed by atoms with Crippen molar-refractivity contribution >= 4 is 0 Å². The van der Waals surface area contributed by atoms with Gasteiger partial charge in [0, 0.05) is 0 Å². The zero-order valence-electron chi connectivity index (χ0n) is 10.9. The van der Waals surface area contributed by atoms with Crippen LogP contribution in [0.2, 0.25) is 0 Å². The number of hydrogen-bond acceptors (Lipinski definition) is 0. The summed E-state index contributed by atoms with van der Waals surface area (Å²) in [6.45, 7) is 6.49. The van der Waals surface area contributed by atoms with Gasteiger partial charge in [-0.2, -0.15) is 0 Å². The van der Waals surface area contributed by atoms with E-state index >= 15 is 0 Å². The molecule has 2 rings (SSSR count). The summed E-state index contributed by atoms with van der Waals surface area (Å²) in [6, 6.07) is 16.7. The van der Waals surface area contributed by atoms with Crippen LogP contribution in [0.5, 0.6) is 0 Å². The molecule has 0 bridgehead atoms. The Kier molecular flexibility index (Phi) is 3.63. The molecule has 0 aliphatic carbocycles. The van der Waals surface area contributed by atoms with Gasteiger partial charge in [0.1, 0.15) is 0 Å². The summed E-state index contributed by atoms with van der Waals surface area (Å²) < 4.78 is 0. The van der Waals surface area contributed by atoms with E-state index in [4.69, 9.17) is 0 Å². The van der Waals surface area contributed by atoms with Crippen LogP contribution in [-0.2, 0) is 12.8 Å². The third-order valence-electron chi connectivity index (χ3n) is 3.13. The average molecular weight is 223 g/mol. The first kappa shape index (κ1) is 11.9. The summed E-state index contributed by atoms with van der Waals surface area (Å²) in [5.74, 6) is 0. The van der Waals surface area contributed by atoms with Crippen LogP contribution >= 0.6 is 0 Å². The van der Waals surface area contributed by atoms with E-state index in [1.54, 1.807) is 0 Å². The first-order valence-corrected chi connectivity index (χ1v) is 6.35. The van der Waals surface area contributed by atoms with E-state index in [1.165, 1.54) is 27.8 Å². The summed E-state index contributed by atoms with van der Waals surface area (Å²) >= 11 is 0. The van der Waals surface area contributed by atoms with Crippen LogP contribution in [0, 0.1) is 13.0 Å². The lowest BCUT2D eigenvalue weighted by molar-refractivity contribution is 1.08. The first-order chi connectivity index (χ1) is 8.22. The Morgan fingerprint density at radius 3 is 1.82 bits per heavy atom. The molecule has 0 unspecified atom stereocenters. The normalized spacial score (nSPS) is 10.5. The lowest BCUT2D eigenvalue weighted by Gasteiger charge is -2.08. The van der Waals surface area contributed by atoms with Crippen molar-refractivity contribution in [3.05, 3.63) is 59.2 Å². The Labute approximate surface area is 104 Å². The van der Waals surface area contributed by atoms with E-state index in [-0.39, 0.29) is 0 Å². The summed E-state index contributed by atoms with van der Waals surface area (Å²) in [6.07, 6.45) is 2.10. The fourth-order valence-electron chi connectivity index (χ4n) is 1.99. The second kappa shape index (κ2) is 5.18. The third-order valence-corrected chi connectivity index (χ3v) is 3.13. The summed E-state index contributed by atoms with van der Waals surface area (Å²) in [7, 11) is 0. The maximum atomic E-state index is 3.47. The van der Waals surface area contributed by atoms with Crippen molar-refractivity contribution < 1.29 is 0 Å². The molecule has 0 aliphatic heterocycles. The molecule has 0 saturated heterocycles. The predicted molar refractivity (Wildman–Crippen MR) is 74.2 cm³/mol. The van der Waals surface area contributed by atoms with E-state index in [0.717, 1.165) is 12.8 Å². The van der Waals surface area contributed by atoms with Crippen LogP contribution < -0.4 is 0 Å². The molecule has 0 aliphatic rings. The van der Waals surface area contributed by atoms with Crippen molar-refractivity contribution in [2.45, 2.75) is 33.6 Å². The van der Waals surface area contributed by atoms with Gasteiger partial charge in [-0.25, -0.2) is 0 Å². The van der Waals surface area contributed by atoms with E-state index in [1.807, 2.05) is 0 Å². The van der Waals surface area contributed by atoms with E-state index in [2.05, 4.69) is 63.2 Å².